The molecule has 0 radical (unpaired) electrons. The van der Waals surface area contributed by atoms with Gasteiger partial charge in [0.2, 0.25) is 0 Å². The van der Waals surface area contributed by atoms with E-state index in [1.165, 1.54) is 45.3 Å². The van der Waals surface area contributed by atoms with Crippen LogP contribution in [-0.2, 0) is 0 Å². The van der Waals surface area contributed by atoms with Crippen molar-refractivity contribution in [1.82, 2.24) is 10.2 Å². The molecular formula is C18H24N2. The molecule has 1 atom stereocenters. The van der Waals surface area contributed by atoms with Crippen molar-refractivity contribution in [3.05, 3.63) is 35.9 Å². The maximum Gasteiger partial charge on any atom is 0.0607 e. The lowest BCUT2D eigenvalue weighted by Gasteiger charge is -2.29. The molecule has 2 nitrogen and oxygen atoms in total. The molecule has 1 aliphatic heterocycles. The molecule has 0 bridgehead atoms. The van der Waals surface area contributed by atoms with E-state index >= 15 is 0 Å². The molecule has 0 amide bonds. The van der Waals surface area contributed by atoms with Crippen LogP contribution in [0.25, 0.3) is 0 Å². The quantitative estimate of drug-likeness (QED) is 0.844. The molecule has 1 heterocycles. The van der Waals surface area contributed by atoms with Crippen LogP contribution in [0, 0.1) is 17.8 Å². The lowest BCUT2D eigenvalue weighted by Crippen LogP contribution is -2.39. The minimum atomic E-state index is 0.807. The van der Waals surface area contributed by atoms with Crippen LogP contribution < -0.4 is 5.32 Å². The van der Waals surface area contributed by atoms with E-state index in [1.807, 2.05) is 6.07 Å². The highest BCUT2D eigenvalue weighted by atomic mass is 15.2. The summed E-state index contributed by atoms with van der Waals surface area (Å²) in [6, 6.07) is 11.1. The van der Waals surface area contributed by atoms with Gasteiger partial charge < -0.3 is 5.32 Å². The normalized spacial score (nSPS) is 22.4. The Morgan fingerprint density at radius 2 is 2.00 bits per heavy atom. The highest BCUT2D eigenvalue weighted by Gasteiger charge is 2.30. The van der Waals surface area contributed by atoms with Crippen LogP contribution in [0.5, 0.6) is 0 Å². The molecule has 1 aliphatic carbocycles. The predicted molar refractivity (Wildman–Crippen MR) is 83.5 cm³/mol. The van der Waals surface area contributed by atoms with Gasteiger partial charge in [-0.15, -0.1) is 0 Å². The fourth-order valence-corrected chi connectivity index (χ4v) is 2.96. The molecule has 0 aromatic heterocycles. The summed E-state index contributed by atoms with van der Waals surface area (Å²) in [5, 5.41) is 3.52. The molecule has 1 aromatic carbocycles. The van der Waals surface area contributed by atoms with Gasteiger partial charge in [-0.1, -0.05) is 30.0 Å². The van der Waals surface area contributed by atoms with Crippen molar-refractivity contribution >= 4 is 0 Å². The lowest BCUT2D eigenvalue weighted by molar-refractivity contribution is 0.220. The van der Waals surface area contributed by atoms with Crippen molar-refractivity contribution in [1.29, 1.82) is 0 Å². The minimum Gasteiger partial charge on any atom is -0.316 e. The fourth-order valence-electron chi connectivity index (χ4n) is 2.96. The Labute approximate surface area is 122 Å². The molecule has 2 aliphatic rings. The number of rotatable bonds is 4. The Hall–Kier alpha value is -1.30. The van der Waals surface area contributed by atoms with Crippen molar-refractivity contribution in [2.75, 3.05) is 26.2 Å². The predicted octanol–water partition coefficient (Wildman–Crippen LogP) is 2.50. The van der Waals surface area contributed by atoms with Gasteiger partial charge in [0.1, 0.15) is 0 Å². The maximum atomic E-state index is 3.52. The molecule has 1 N–H and O–H groups in total. The summed E-state index contributed by atoms with van der Waals surface area (Å²) in [5.41, 5.74) is 1.13. The molecular weight excluding hydrogens is 244 g/mol. The summed E-state index contributed by atoms with van der Waals surface area (Å²) in [7, 11) is 0. The molecule has 1 aromatic rings. The Morgan fingerprint density at radius 3 is 2.70 bits per heavy atom. The first-order valence-corrected chi connectivity index (χ1v) is 7.90. The van der Waals surface area contributed by atoms with Gasteiger partial charge in [0.25, 0.3) is 0 Å². The summed E-state index contributed by atoms with van der Waals surface area (Å²) >= 11 is 0. The zero-order valence-corrected chi connectivity index (χ0v) is 12.1. The summed E-state index contributed by atoms with van der Waals surface area (Å²) in [4.78, 5) is 2.60. The van der Waals surface area contributed by atoms with Gasteiger partial charge in [0.15, 0.2) is 0 Å². The van der Waals surface area contributed by atoms with Gasteiger partial charge >= 0.3 is 0 Å². The third-order valence-electron chi connectivity index (χ3n) is 4.24. The second-order valence-corrected chi connectivity index (χ2v) is 6.04. The first-order valence-electron chi connectivity index (χ1n) is 7.90. The molecule has 106 valence electrons. The number of benzene rings is 1. The number of hydrogen-bond donors (Lipinski definition) is 1. The molecule has 1 saturated carbocycles. The van der Waals surface area contributed by atoms with Crippen LogP contribution in [0.3, 0.4) is 0 Å². The Kier molecular flexibility index (Phi) is 4.73. The van der Waals surface area contributed by atoms with Crippen molar-refractivity contribution in [3.63, 3.8) is 0 Å². The van der Waals surface area contributed by atoms with Crippen LogP contribution in [0.15, 0.2) is 30.3 Å². The van der Waals surface area contributed by atoms with Gasteiger partial charge in [-0.3, -0.25) is 4.90 Å². The lowest BCUT2D eigenvalue weighted by atomic mass is 9.99. The first kappa shape index (κ1) is 13.7. The van der Waals surface area contributed by atoms with E-state index in [2.05, 4.69) is 46.3 Å². The Bertz CT molecular complexity index is 461. The van der Waals surface area contributed by atoms with Gasteiger partial charge in [-0.2, -0.15) is 0 Å². The summed E-state index contributed by atoms with van der Waals surface area (Å²) in [6.07, 6.45) is 5.45. The average Bonchev–Trinajstić information content (AvgIpc) is 3.33. The summed E-state index contributed by atoms with van der Waals surface area (Å²) < 4.78 is 0. The van der Waals surface area contributed by atoms with E-state index < -0.39 is 0 Å². The number of hydrogen-bond acceptors (Lipinski definition) is 2. The van der Waals surface area contributed by atoms with E-state index in [4.69, 9.17) is 0 Å². The van der Waals surface area contributed by atoms with E-state index in [-0.39, 0.29) is 0 Å². The van der Waals surface area contributed by atoms with Gasteiger partial charge in [-0.05, 0) is 56.8 Å². The largest absolute Gasteiger partial charge is 0.316 e. The van der Waals surface area contributed by atoms with E-state index in [9.17, 15) is 0 Å². The fraction of sp³-hybridized carbons (Fsp3) is 0.556. The zero-order chi connectivity index (χ0) is 13.6. The highest BCUT2D eigenvalue weighted by molar-refractivity contribution is 5.33. The average molecular weight is 268 g/mol. The smallest absolute Gasteiger partial charge is 0.0607 e. The van der Waals surface area contributed by atoms with Crippen LogP contribution in [0.1, 0.15) is 31.2 Å². The highest BCUT2D eigenvalue weighted by Crippen LogP contribution is 2.28. The molecule has 1 saturated heterocycles. The van der Waals surface area contributed by atoms with Gasteiger partial charge in [0.05, 0.1) is 6.54 Å². The van der Waals surface area contributed by atoms with E-state index in [0.717, 1.165) is 24.1 Å². The number of piperidine rings is 1. The Balaban J connectivity index is 1.53. The third-order valence-corrected chi connectivity index (χ3v) is 4.24. The second-order valence-electron chi connectivity index (χ2n) is 6.04. The van der Waals surface area contributed by atoms with Crippen LogP contribution in [0.2, 0.25) is 0 Å². The Morgan fingerprint density at radius 1 is 1.15 bits per heavy atom. The summed E-state index contributed by atoms with van der Waals surface area (Å²) in [6.45, 7) is 4.54. The van der Waals surface area contributed by atoms with E-state index in [1.54, 1.807) is 0 Å². The van der Waals surface area contributed by atoms with Gasteiger partial charge in [-0.25, -0.2) is 0 Å². The SMILES string of the molecule is C(#Cc1ccccc1)CN(CC1CCCNC1)C1CC1. The van der Waals surface area contributed by atoms with Crippen molar-refractivity contribution < 1.29 is 0 Å². The van der Waals surface area contributed by atoms with Crippen LogP contribution >= 0.6 is 0 Å². The molecule has 3 rings (SSSR count). The number of nitrogens with zero attached hydrogens (tertiary/aromatic N) is 1. The van der Waals surface area contributed by atoms with Crippen LogP contribution in [0.4, 0.5) is 0 Å². The molecule has 1 unspecified atom stereocenters. The zero-order valence-electron chi connectivity index (χ0n) is 12.1. The van der Waals surface area contributed by atoms with E-state index in [0.29, 0.717) is 0 Å². The molecule has 2 fully saturated rings. The van der Waals surface area contributed by atoms with Crippen LogP contribution in [-0.4, -0.2) is 37.1 Å². The van der Waals surface area contributed by atoms with Gasteiger partial charge in [0, 0.05) is 18.2 Å². The topological polar surface area (TPSA) is 15.3 Å². The minimum absolute atomic E-state index is 0.807. The summed E-state index contributed by atoms with van der Waals surface area (Å²) in [5.74, 6) is 7.48. The maximum absolute atomic E-state index is 3.52. The standard InChI is InChI=1S/C18H24N2/c1-2-6-16(7-3-1)9-5-13-20(18-10-11-18)15-17-8-4-12-19-14-17/h1-3,6-7,17-19H,4,8,10-15H2. The monoisotopic (exact) mass is 268 g/mol. The molecule has 0 spiro atoms. The van der Waals surface area contributed by atoms with Crippen molar-refractivity contribution in [2.24, 2.45) is 5.92 Å². The van der Waals surface area contributed by atoms with Crippen molar-refractivity contribution in [2.45, 2.75) is 31.7 Å². The first-order chi connectivity index (χ1) is 9.92. The molecule has 20 heavy (non-hydrogen) atoms. The second kappa shape index (κ2) is 6.92. The van der Waals surface area contributed by atoms with Crippen molar-refractivity contribution in [3.8, 4) is 11.8 Å². The third kappa shape index (κ3) is 4.10. The number of nitrogens with one attached hydrogen (secondary N) is 1. The molecule has 2 heteroatoms.